The van der Waals surface area contributed by atoms with Gasteiger partial charge in [0, 0.05) is 5.69 Å². The van der Waals surface area contributed by atoms with Gasteiger partial charge in [-0.1, -0.05) is 6.92 Å². The summed E-state index contributed by atoms with van der Waals surface area (Å²) in [7, 11) is 0. The maximum atomic E-state index is 13.2. The third-order valence-electron chi connectivity index (χ3n) is 2.09. The van der Waals surface area contributed by atoms with Crippen LogP contribution in [-0.2, 0) is 4.74 Å². The molecule has 0 amide bonds. The first-order chi connectivity index (χ1) is 7.04. The fraction of sp³-hybridized carbons (Fsp3) is 0.364. The van der Waals surface area contributed by atoms with Crippen LogP contribution in [0, 0.1) is 5.82 Å². The van der Waals surface area contributed by atoms with E-state index in [9.17, 15) is 9.18 Å². The van der Waals surface area contributed by atoms with Crippen molar-refractivity contribution in [3.05, 3.63) is 29.6 Å². The quantitative estimate of drug-likeness (QED) is 0.616. The first-order valence-electron chi connectivity index (χ1n) is 4.80. The molecule has 0 aromatic heterocycles. The minimum atomic E-state index is -0.672. The lowest BCUT2D eigenvalue weighted by Gasteiger charge is -2.11. The van der Waals surface area contributed by atoms with E-state index in [1.807, 2.05) is 6.92 Å². The molecule has 0 heterocycles. The molecule has 0 bridgehead atoms. The highest BCUT2D eigenvalue weighted by atomic mass is 19.1. The second-order valence-electron chi connectivity index (χ2n) is 3.36. The second kappa shape index (κ2) is 4.77. The van der Waals surface area contributed by atoms with E-state index in [-0.39, 0.29) is 11.7 Å². The average Bonchev–Trinajstić information content (AvgIpc) is 2.21. The summed E-state index contributed by atoms with van der Waals surface area (Å²) in [5.41, 5.74) is 5.68. The summed E-state index contributed by atoms with van der Waals surface area (Å²) in [4.78, 5) is 11.5. The van der Waals surface area contributed by atoms with Gasteiger partial charge in [-0.15, -0.1) is 0 Å². The van der Waals surface area contributed by atoms with Gasteiger partial charge in [0.1, 0.15) is 5.82 Å². The van der Waals surface area contributed by atoms with Crippen LogP contribution in [0.4, 0.5) is 10.1 Å². The van der Waals surface area contributed by atoms with E-state index in [4.69, 9.17) is 10.5 Å². The molecule has 4 heteroatoms. The number of carbonyl (C=O) groups is 1. The van der Waals surface area contributed by atoms with Gasteiger partial charge < -0.3 is 10.5 Å². The molecule has 1 rings (SSSR count). The summed E-state index contributed by atoms with van der Waals surface area (Å²) >= 11 is 0. The van der Waals surface area contributed by atoms with Crippen LogP contribution in [0.25, 0.3) is 0 Å². The van der Waals surface area contributed by atoms with Crippen LogP contribution in [0.3, 0.4) is 0 Å². The first-order valence-corrected chi connectivity index (χ1v) is 4.80. The van der Waals surface area contributed by atoms with Crippen molar-refractivity contribution in [1.29, 1.82) is 0 Å². The molecule has 0 aliphatic carbocycles. The number of nitrogen functional groups attached to an aromatic ring is 1. The molecule has 0 aliphatic rings. The van der Waals surface area contributed by atoms with Crippen LogP contribution < -0.4 is 5.73 Å². The Bertz CT molecular complexity index is 366. The fourth-order valence-electron chi connectivity index (χ4n) is 1.03. The minimum absolute atomic E-state index is 0.115. The van der Waals surface area contributed by atoms with Crippen LogP contribution >= 0.6 is 0 Å². The Labute approximate surface area is 88.0 Å². The van der Waals surface area contributed by atoms with E-state index in [1.54, 1.807) is 6.92 Å². The monoisotopic (exact) mass is 211 g/mol. The van der Waals surface area contributed by atoms with Gasteiger partial charge >= 0.3 is 5.97 Å². The number of ether oxygens (including phenoxy) is 1. The van der Waals surface area contributed by atoms with E-state index < -0.39 is 11.8 Å². The lowest BCUT2D eigenvalue weighted by Crippen LogP contribution is -2.15. The molecule has 1 aromatic carbocycles. The number of carbonyl (C=O) groups excluding carboxylic acids is 1. The van der Waals surface area contributed by atoms with Crippen molar-refractivity contribution in [2.75, 3.05) is 5.73 Å². The molecule has 0 aliphatic heterocycles. The molecular weight excluding hydrogens is 197 g/mol. The largest absolute Gasteiger partial charge is 0.459 e. The number of benzene rings is 1. The van der Waals surface area contributed by atoms with Crippen molar-refractivity contribution in [3.63, 3.8) is 0 Å². The SMILES string of the molecule is CCC(C)OC(=O)c1cc(N)ccc1F. The zero-order valence-corrected chi connectivity index (χ0v) is 8.79. The topological polar surface area (TPSA) is 52.3 Å². The van der Waals surface area contributed by atoms with Crippen LogP contribution in [-0.4, -0.2) is 12.1 Å². The maximum Gasteiger partial charge on any atom is 0.341 e. The minimum Gasteiger partial charge on any atom is -0.459 e. The third kappa shape index (κ3) is 2.94. The summed E-state index contributed by atoms with van der Waals surface area (Å²) in [6.45, 7) is 3.63. The highest BCUT2D eigenvalue weighted by Crippen LogP contribution is 2.14. The van der Waals surface area contributed by atoms with E-state index in [0.717, 1.165) is 6.07 Å². The molecule has 15 heavy (non-hydrogen) atoms. The standard InChI is InChI=1S/C11H14FNO2/c1-3-7(2)15-11(14)9-6-8(13)4-5-10(9)12/h4-7H,3,13H2,1-2H3. The van der Waals surface area contributed by atoms with E-state index in [0.29, 0.717) is 12.1 Å². The molecule has 1 aromatic rings. The van der Waals surface area contributed by atoms with Gasteiger partial charge in [0.15, 0.2) is 0 Å². The van der Waals surface area contributed by atoms with Crippen molar-refractivity contribution in [1.82, 2.24) is 0 Å². The number of anilines is 1. The Morgan fingerprint density at radius 3 is 2.87 bits per heavy atom. The molecule has 1 atom stereocenters. The lowest BCUT2D eigenvalue weighted by atomic mass is 10.2. The Balaban J connectivity index is 2.86. The fourth-order valence-corrected chi connectivity index (χ4v) is 1.03. The van der Waals surface area contributed by atoms with Gasteiger partial charge in [0.2, 0.25) is 0 Å². The van der Waals surface area contributed by atoms with E-state index in [2.05, 4.69) is 0 Å². The van der Waals surface area contributed by atoms with Crippen molar-refractivity contribution >= 4 is 11.7 Å². The normalized spacial score (nSPS) is 12.2. The predicted octanol–water partition coefficient (Wildman–Crippen LogP) is 2.36. The van der Waals surface area contributed by atoms with Gasteiger partial charge in [0.05, 0.1) is 11.7 Å². The zero-order valence-electron chi connectivity index (χ0n) is 8.79. The number of hydrogen-bond acceptors (Lipinski definition) is 3. The molecule has 0 saturated carbocycles. The molecule has 2 N–H and O–H groups in total. The highest BCUT2D eigenvalue weighted by molar-refractivity contribution is 5.90. The Morgan fingerprint density at radius 1 is 1.60 bits per heavy atom. The summed E-state index contributed by atoms with van der Waals surface area (Å²) in [5, 5.41) is 0. The number of esters is 1. The van der Waals surface area contributed by atoms with Gasteiger partial charge in [-0.25, -0.2) is 9.18 Å². The zero-order chi connectivity index (χ0) is 11.4. The molecule has 1 unspecified atom stereocenters. The molecular formula is C11H14FNO2. The summed E-state index contributed by atoms with van der Waals surface area (Å²) < 4.78 is 18.2. The Kier molecular flexibility index (Phi) is 3.66. The Morgan fingerprint density at radius 2 is 2.27 bits per heavy atom. The van der Waals surface area contributed by atoms with Gasteiger partial charge in [-0.3, -0.25) is 0 Å². The molecule has 3 nitrogen and oxygen atoms in total. The number of rotatable bonds is 3. The summed E-state index contributed by atoms with van der Waals surface area (Å²) in [6, 6.07) is 3.83. The smallest absolute Gasteiger partial charge is 0.341 e. The molecule has 0 radical (unpaired) electrons. The maximum absolute atomic E-state index is 13.2. The predicted molar refractivity (Wildman–Crippen MR) is 56.0 cm³/mol. The van der Waals surface area contributed by atoms with Crippen molar-refractivity contribution < 1.29 is 13.9 Å². The Hall–Kier alpha value is -1.58. The van der Waals surface area contributed by atoms with Crippen LogP contribution in [0.15, 0.2) is 18.2 Å². The summed E-state index contributed by atoms with van der Waals surface area (Å²) in [6.07, 6.45) is 0.466. The van der Waals surface area contributed by atoms with Crippen LogP contribution in [0.2, 0.25) is 0 Å². The molecule has 82 valence electrons. The van der Waals surface area contributed by atoms with E-state index in [1.165, 1.54) is 12.1 Å². The first kappa shape index (κ1) is 11.5. The van der Waals surface area contributed by atoms with E-state index >= 15 is 0 Å². The van der Waals surface area contributed by atoms with Gasteiger partial charge in [-0.2, -0.15) is 0 Å². The number of halogens is 1. The van der Waals surface area contributed by atoms with Crippen molar-refractivity contribution in [2.45, 2.75) is 26.4 Å². The average molecular weight is 211 g/mol. The number of nitrogens with two attached hydrogens (primary N) is 1. The van der Waals surface area contributed by atoms with Crippen molar-refractivity contribution in [3.8, 4) is 0 Å². The molecule has 0 spiro atoms. The van der Waals surface area contributed by atoms with Crippen LogP contribution in [0.5, 0.6) is 0 Å². The second-order valence-corrected chi connectivity index (χ2v) is 3.36. The molecule has 0 fully saturated rings. The molecule has 0 saturated heterocycles. The highest BCUT2D eigenvalue weighted by Gasteiger charge is 2.15. The number of hydrogen-bond donors (Lipinski definition) is 1. The van der Waals surface area contributed by atoms with Crippen LogP contribution in [0.1, 0.15) is 30.6 Å². The van der Waals surface area contributed by atoms with Gasteiger partial charge in [-0.05, 0) is 31.5 Å². The van der Waals surface area contributed by atoms with Crippen molar-refractivity contribution in [2.24, 2.45) is 0 Å². The lowest BCUT2D eigenvalue weighted by molar-refractivity contribution is 0.0329. The van der Waals surface area contributed by atoms with Gasteiger partial charge in [0.25, 0.3) is 0 Å². The summed E-state index contributed by atoms with van der Waals surface area (Å²) in [5.74, 6) is -1.29. The third-order valence-corrected chi connectivity index (χ3v) is 2.09.